The molecule has 21 heavy (non-hydrogen) atoms. The van der Waals surface area contributed by atoms with Gasteiger partial charge in [-0.15, -0.1) is 0 Å². The minimum Gasteiger partial charge on any atom is -0.338 e. The molecular formula is C15H20N4OS. The lowest BCUT2D eigenvalue weighted by Crippen LogP contribution is -2.36. The zero-order valence-electron chi connectivity index (χ0n) is 12.2. The molecule has 3 rings (SSSR count). The van der Waals surface area contributed by atoms with E-state index in [1.54, 1.807) is 0 Å². The molecular weight excluding hydrogens is 284 g/mol. The highest BCUT2D eigenvalue weighted by Crippen LogP contribution is 2.30. The molecule has 112 valence electrons. The summed E-state index contributed by atoms with van der Waals surface area (Å²) in [5.41, 5.74) is 8.16. The third kappa shape index (κ3) is 3.45. The minimum atomic E-state index is 0.296. The van der Waals surface area contributed by atoms with Gasteiger partial charge in [0.2, 0.25) is 5.89 Å². The van der Waals surface area contributed by atoms with E-state index < -0.39 is 0 Å². The number of rotatable bonds is 4. The largest absolute Gasteiger partial charge is 0.338 e. The van der Waals surface area contributed by atoms with E-state index in [1.165, 1.54) is 11.1 Å². The molecule has 1 aromatic heterocycles. The second-order valence-electron chi connectivity index (χ2n) is 5.28. The van der Waals surface area contributed by atoms with Crippen molar-refractivity contribution in [2.45, 2.75) is 26.1 Å². The van der Waals surface area contributed by atoms with Crippen molar-refractivity contribution in [3.63, 3.8) is 0 Å². The topological polar surface area (TPSA) is 68.2 Å². The Morgan fingerprint density at radius 1 is 1.38 bits per heavy atom. The van der Waals surface area contributed by atoms with Gasteiger partial charge >= 0.3 is 0 Å². The van der Waals surface area contributed by atoms with Crippen molar-refractivity contribution in [3.05, 3.63) is 47.1 Å². The standard InChI is InChI=1S/C15H20N4OS/c1-11-2-4-12(5-3-11)13-10-21-7-6-19(13)9-14-17-15(8-16)20-18-14/h2-5,13H,6-10,16H2,1H3. The van der Waals surface area contributed by atoms with E-state index in [0.29, 0.717) is 25.0 Å². The van der Waals surface area contributed by atoms with Crippen LogP contribution in [0.4, 0.5) is 0 Å². The molecule has 2 aromatic rings. The molecule has 2 N–H and O–H groups in total. The average molecular weight is 304 g/mol. The molecule has 2 heterocycles. The van der Waals surface area contributed by atoms with Crippen molar-refractivity contribution in [2.75, 3.05) is 18.1 Å². The first kappa shape index (κ1) is 14.6. The molecule has 5 nitrogen and oxygen atoms in total. The smallest absolute Gasteiger partial charge is 0.240 e. The maximum absolute atomic E-state index is 5.52. The number of aryl methyl sites for hydroxylation is 1. The summed E-state index contributed by atoms with van der Waals surface area (Å²) in [7, 11) is 0. The van der Waals surface area contributed by atoms with E-state index in [9.17, 15) is 0 Å². The predicted molar refractivity (Wildman–Crippen MR) is 83.8 cm³/mol. The van der Waals surface area contributed by atoms with Crippen LogP contribution < -0.4 is 5.73 Å². The minimum absolute atomic E-state index is 0.296. The first-order valence-electron chi connectivity index (χ1n) is 7.16. The van der Waals surface area contributed by atoms with E-state index in [-0.39, 0.29) is 0 Å². The lowest BCUT2D eigenvalue weighted by molar-refractivity contribution is 0.204. The Morgan fingerprint density at radius 3 is 2.90 bits per heavy atom. The summed E-state index contributed by atoms with van der Waals surface area (Å²) < 4.78 is 5.09. The Morgan fingerprint density at radius 2 is 2.19 bits per heavy atom. The molecule has 0 saturated carbocycles. The first-order valence-corrected chi connectivity index (χ1v) is 8.31. The zero-order valence-corrected chi connectivity index (χ0v) is 13.0. The lowest BCUT2D eigenvalue weighted by atomic mass is 10.0. The van der Waals surface area contributed by atoms with Gasteiger partial charge in [-0.3, -0.25) is 4.90 Å². The summed E-state index contributed by atoms with van der Waals surface area (Å²) in [6, 6.07) is 9.20. The van der Waals surface area contributed by atoms with Crippen LogP contribution in [0.2, 0.25) is 0 Å². The van der Waals surface area contributed by atoms with Crippen LogP contribution in [0, 0.1) is 6.92 Å². The van der Waals surface area contributed by atoms with Gasteiger partial charge < -0.3 is 10.3 Å². The van der Waals surface area contributed by atoms with Crippen LogP contribution in [0.25, 0.3) is 0 Å². The number of nitrogens with two attached hydrogens (primary N) is 1. The third-order valence-corrected chi connectivity index (χ3v) is 4.75. The predicted octanol–water partition coefficient (Wildman–Crippen LogP) is 2.13. The number of thioether (sulfide) groups is 1. The van der Waals surface area contributed by atoms with Crippen LogP contribution >= 0.6 is 11.8 Å². The average Bonchev–Trinajstić information content (AvgIpc) is 2.96. The van der Waals surface area contributed by atoms with Gasteiger partial charge in [0, 0.05) is 24.1 Å². The van der Waals surface area contributed by atoms with Crippen LogP contribution in [0.1, 0.15) is 28.9 Å². The summed E-state index contributed by atoms with van der Waals surface area (Å²) >= 11 is 2.00. The van der Waals surface area contributed by atoms with Gasteiger partial charge in [-0.2, -0.15) is 16.7 Å². The van der Waals surface area contributed by atoms with Crippen LogP contribution in [0.5, 0.6) is 0 Å². The molecule has 1 unspecified atom stereocenters. The number of nitrogens with zero attached hydrogens (tertiary/aromatic N) is 3. The fourth-order valence-electron chi connectivity index (χ4n) is 2.54. The number of benzene rings is 1. The molecule has 0 bridgehead atoms. The third-order valence-electron chi connectivity index (χ3n) is 3.73. The number of aromatic nitrogens is 2. The fraction of sp³-hybridized carbons (Fsp3) is 0.467. The molecule has 0 amide bonds. The molecule has 0 aliphatic carbocycles. The van der Waals surface area contributed by atoms with Gasteiger partial charge in [0.05, 0.1) is 13.1 Å². The van der Waals surface area contributed by atoms with Crippen LogP contribution in [0.15, 0.2) is 28.8 Å². The Balaban J connectivity index is 1.76. The first-order chi connectivity index (χ1) is 10.3. The molecule has 1 aliphatic rings. The molecule has 1 aliphatic heterocycles. The van der Waals surface area contributed by atoms with Crippen molar-refractivity contribution in [2.24, 2.45) is 5.73 Å². The van der Waals surface area contributed by atoms with E-state index in [4.69, 9.17) is 10.3 Å². The monoisotopic (exact) mass is 304 g/mol. The van der Waals surface area contributed by atoms with Crippen molar-refractivity contribution in [1.82, 2.24) is 15.0 Å². The Kier molecular flexibility index (Phi) is 4.57. The second kappa shape index (κ2) is 6.60. The van der Waals surface area contributed by atoms with Crippen LogP contribution in [-0.2, 0) is 13.1 Å². The van der Waals surface area contributed by atoms with E-state index in [2.05, 4.69) is 46.2 Å². The maximum atomic E-state index is 5.52. The summed E-state index contributed by atoms with van der Waals surface area (Å²) in [5.74, 6) is 3.47. The maximum Gasteiger partial charge on any atom is 0.240 e. The van der Waals surface area contributed by atoms with E-state index >= 15 is 0 Å². The summed E-state index contributed by atoms with van der Waals surface area (Å²) in [4.78, 5) is 6.74. The van der Waals surface area contributed by atoms with Crippen LogP contribution in [-0.4, -0.2) is 33.1 Å². The normalized spacial score (nSPS) is 19.8. The molecule has 0 radical (unpaired) electrons. The second-order valence-corrected chi connectivity index (χ2v) is 6.43. The molecule has 1 aromatic carbocycles. The Bertz CT molecular complexity index is 584. The summed E-state index contributed by atoms with van der Waals surface area (Å²) in [6.07, 6.45) is 0. The van der Waals surface area contributed by atoms with Crippen molar-refractivity contribution < 1.29 is 4.52 Å². The lowest BCUT2D eigenvalue weighted by Gasteiger charge is -2.34. The van der Waals surface area contributed by atoms with Crippen LogP contribution in [0.3, 0.4) is 0 Å². The van der Waals surface area contributed by atoms with Crippen molar-refractivity contribution in [1.29, 1.82) is 0 Å². The molecule has 6 heteroatoms. The highest BCUT2D eigenvalue weighted by Gasteiger charge is 2.25. The number of hydrogen-bond donors (Lipinski definition) is 1. The van der Waals surface area contributed by atoms with Crippen molar-refractivity contribution in [3.8, 4) is 0 Å². The van der Waals surface area contributed by atoms with E-state index in [0.717, 1.165) is 23.9 Å². The van der Waals surface area contributed by atoms with Gasteiger partial charge in [-0.05, 0) is 12.5 Å². The SMILES string of the molecule is Cc1ccc(C2CSCCN2Cc2noc(CN)n2)cc1. The van der Waals surface area contributed by atoms with Crippen molar-refractivity contribution >= 4 is 11.8 Å². The van der Waals surface area contributed by atoms with Gasteiger partial charge in [0.15, 0.2) is 5.82 Å². The summed E-state index contributed by atoms with van der Waals surface area (Å²) in [6.45, 7) is 4.16. The van der Waals surface area contributed by atoms with Gasteiger partial charge in [-0.1, -0.05) is 35.0 Å². The number of hydrogen-bond acceptors (Lipinski definition) is 6. The summed E-state index contributed by atoms with van der Waals surface area (Å²) in [5, 5.41) is 4.01. The zero-order chi connectivity index (χ0) is 14.7. The molecule has 1 atom stereocenters. The molecule has 0 spiro atoms. The Hall–Kier alpha value is -1.37. The van der Waals surface area contributed by atoms with Gasteiger partial charge in [0.25, 0.3) is 0 Å². The van der Waals surface area contributed by atoms with Gasteiger partial charge in [-0.25, -0.2) is 0 Å². The Labute approximate surface area is 128 Å². The highest BCUT2D eigenvalue weighted by molar-refractivity contribution is 7.99. The van der Waals surface area contributed by atoms with Gasteiger partial charge in [0.1, 0.15) is 0 Å². The fourth-order valence-corrected chi connectivity index (χ4v) is 3.70. The quantitative estimate of drug-likeness (QED) is 0.933. The highest BCUT2D eigenvalue weighted by atomic mass is 32.2. The van der Waals surface area contributed by atoms with E-state index in [1.807, 2.05) is 11.8 Å². The molecule has 1 saturated heterocycles. The molecule has 1 fully saturated rings.